The van der Waals surface area contributed by atoms with Gasteiger partial charge >= 0.3 is 0 Å². The van der Waals surface area contributed by atoms with Gasteiger partial charge < -0.3 is 5.32 Å². The zero-order valence-corrected chi connectivity index (χ0v) is 16.1. The second-order valence-corrected chi connectivity index (χ2v) is 8.72. The monoisotopic (exact) mass is 381 g/mol. The molecule has 3 aromatic carbocycles. The SMILES string of the molecule is Cc1ccc(NC(=S)NNP(=O)(c2ccccc2)c2ccccc2)cc1. The van der Waals surface area contributed by atoms with Crippen molar-refractivity contribution in [3.8, 4) is 0 Å². The van der Waals surface area contributed by atoms with Gasteiger partial charge in [0.15, 0.2) is 5.11 Å². The molecule has 0 spiro atoms. The maximum absolute atomic E-state index is 13.8. The summed E-state index contributed by atoms with van der Waals surface area (Å²) in [6.45, 7) is 2.03. The minimum atomic E-state index is -3.08. The first-order valence-electron chi connectivity index (χ1n) is 8.20. The Bertz CT molecular complexity index is 871. The van der Waals surface area contributed by atoms with E-state index in [1.807, 2.05) is 91.9 Å². The molecule has 0 bridgehead atoms. The summed E-state index contributed by atoms with van der Waals surface area (Å²) in [6.07, 6.45) is 0. The average molecular weight is 381 g/mol. The Labute approximate surface area is 159 Å². The standard InChI is InChI=1S/C20H20N3OPS/c1-16-12-14-17(15-13-16)21-20(26)22-23-25(24,18-8-4-2-5-9-18)19-10-6-3-7-11-19/h2-15H,1H3,(H,23,24)(H2,21,22,26). The molecule has 0 heterocycles. The van der Waals surface area contributed by atoms with Crippen LogP contribution in [0.2, 0.25) is 0 Å². The number of anilines is 1. The van der Waals surface area contributed by atoms with Gasteiger partial charge in [-0.25, -0.2) is 0 Å². The first-order valence-corrected chi connectivity index (χ1v) is 10.3. The molecule has 0 saturated heterocycles. The molecule has 0 aliphatic carbocycles. The Morgan fingerprint density at radius 2 is 1.31 bits per heavy atom. The predicted octanol–water partition coefficient (Wildman–Crippen LogP) is 3.72. The van der Waals surface area contributed by atoms with E-state index in [2.05, 4.69) is 15.9 Å². The minimum absolute atomic E-state index is 0.348. The molecular weight excluding hydrogens is 361 g/mol. The largest absolute Gasteiger partial charge is 0.332 e. The van der Waals surface area contributed by atoms with Crippen molar-refractivity contribution < 1.29 is 4.57 Å². The smallest absolute Gasteiger partial charge is 0.221 e. The predicted molar refractivity (Wildman–Crippen MR) is 113 cm³/mol. The fraction of sp³-hybridized carbons (Fsp3) is 0.0500. The molecule has 0 radical (unpaired) electrons. The lowest BCUT2D eigenvalue weighted by Gasteiger charge is -2.22. The minimum Gasteiger partial charge on any atom is -0.332 e. The second kappa shape index (κ2) is 8.28. The Morgan fingerprint density at radius 1 is 0.808 bits per heavy atom. The highest BCUT2D eigenvalue weighted by atomic mass is 32.1. The lowest BCUT2D eigenvalue weighted by Crippen LogP contribution is -2.42. The van der Waals surface area contributed by atoms with Crippen molar-refractivity contribution in [3.05, 3.63) is 90.5 Å². The van der Waals surface area contributed by atoms with Gasteiger partial charge in [-0.15, -0.1) is 0 Å². The highest BCUT2D eigenvalue weighted by Crippen LogP contribution is 2.37. The van der Waals surface area contributed by atoms with Crippen molar-refractivity contribution in [2.75, 3.05) is 5.32 Å². The van der Waals surface area contributed by atoms with Gasteiger partial charge in [0, 0.05) is 16.3 Å². The number of hydrogen-bond acceptors (Lipinski definition) is 2. The fourth-order valence-electron chi connectivity index (χ4n) is 2.48. The topological polar surface area (TPSA) is 53.2 Å². The molecule has 0 saturated carbocycles. The molecule has 3 N–H and O–H groups in total. The second-order valence-electron chi connectivity index (χ2n) is 5.84. The van der Waals surface area contributed by atoms with Crippen LogP contribution in [0.25, 0.3) is 0 Å². The van der Waals surface area contributed by atoms with Gasteiger partial charge in [0.2, 0.25) is 7.29 Å². The van der Waals surface area contributed by atoms with Crippen molar-refractivity contribution in [3.63, 3.8) is 0 Å². The maximum Gasteiger partial charge on any atom is 0.221 e. The Hall–Kier alpha value is -2.46. The lowest BCUT2D eigenvalue weighted by molar-refractivity contribution is 0.575. The van der Waals surface area contributed by atoms with Crippen LogP contribution in [0.3, 0.4) is 0 Å². The Kier molecular flexibility index (Phi) is 5.84. The van der Waals surface area contributed by atoms with E-state index in [1.54, 1.807) is 0 Å². The molecule has 0 aliphatic heterocycles. The summed E-state index contributed by atoms with van der Waals surface area (Å²) in [7, 11) is -3.08. The molecule has 0 aromatic heterocycles. The fourth-order valence-corrected chi connectivity index (χ4v) is 4.74. The summed E-state index contributed by atoms with van der Waals surface area (Å²) in [5, 5.41) is 7.80. The van der Waals surface area contributed by atoms with E-state index in [0.29, 0.717) is 15.7 Å². The lowest BCUT2D eigenvalue weighted by atomic mass is 10.2. The highest BCUT2D eigenvalue weighted by Gasteiger charge is 2.27. The number of thiocarbonyl (C=S) groups is 1. The summed E-state index contributed by atoms with van der Waals surface area (Å²) in [4.78, 5) is 0. The van der Waals surface area contributed by atoms with E-state index < -0.39 is 7.29 Å². The van der Waals surface area contributed by atoms with Crippen LogP contribution in [0.15, 0.2) is 84.9 Å². The number of hydrazine groups is 1. The summed E-state index contributed by atoms with van der Waals surface area (Å²) >= 11 is 5.33. The molecule has 26 heavy (non-hydrogen) atoms. The van der Waals surface area contributed by atoms with Crippen LogP contribution in [-0.2, 0) is 4.57 Å². The number of benzene rings is 3. The van der Waals surface area contributed by atoms with Gasteiger partial charge in [-0.05, 0) is 55.5 Å². The summed E-state index contributed by atoms with van der Waals surface area (Å²) in [6, 6.07) is 26.5. The Morgan fingerprint density at radius 3 is 1.81 bits per heavy atom. The van der Waals surface area contributed by atoms with Crippen molar-refractivity contribution in [1.82, 2.24) is 10.6 Å². The van der Waals surface area contributed by atoms with Crippen molar-refractivity contribution in [2.24, 2.45) is 0 Å². The third-order valence-corrected chi connectivity index (χ3v) is 6.56. The normalized spacial score (nSPS) is 11.0. The van der Waals surface area contributed by atoms with Crippen LogP contribution >= 0.6 is 19.5 Å². The summed E-state index contributed by atoms with van der Waals surface area (Å²) in [5.74, 6) is 0. The van der Waals surface area contributed by atoms with Crippen LogP contribution in [0, 0.1) is 6.92 Å². The van der Waals surface area contributed by atoms with Crippen molar-refractivity contribution in [2.45, 2.75) is 6.92 Å². The van der Waals surface area contributed by atoms with Crippen LogP contribution in [0.4, 0.5) is 5.69 Å². The maximum atomic E-state index is 13.8. The van der Waals surface area contributed by atoms with E-state index in [-0.39, 0.29) is 0 Å². The molecule has 3 aromatic rings. The summed E-state index contributed by atoms with van der Waals surface area (Å²) in [5.41, 5.74) is 4.93. The molecule has 4 nitrogen and oxygen atoms in total. The molecule has 3 rings (SSSR count). The van der Waals surface area contributed by atoms with Crippen LogP contribution < -0.4 is 26.5 Å². The third kappa shape index (κ3) is 4.38. The summed E-state index contributed by atoms with van der Waals surface area (Å²) < 4.78 is 13.8. The molecule has 0 aliphatic rings. The first-order chi connectivity index (χ1) is 12.6. The van der Waals surface area contributed by atoms with E-state index in [1.165, 1.54) is 5.56 Å². The van der Waals surface area contributed by atoms with Gasteiger partial charge in [-0.3, -0.25) is 9.99 Å². The van der Waals surface area contributed by atoms with Crippen molar-refractivity contribution in [1.29, 1.82) is 0 Å². The molecular formula is C20H20N3OPS. The Balaban J connectivity index is 1.78. The van der Waals surface area contributed by atoms with Crippen LogP contribution in [-0.4, -0.2) is 5.11 Å². The van der Waals surface area contributed by atoms with Gasteiger partial charge in [0.1, 0.15) is 0 Å². The number of rotatable bonds is 5. The van der Waals surface area contributed by atoms with Gasteiger partial charge in [-0.2, -0.15) is 5.20 Å². The van der Waals surface area contributed by atoms with E-state index >= 15 is 0 Å². The molecule has 0 amide bonds. The van der Waals surface area contributed by atoms with Gasteiger partial charge in [0.25, 0.3) is 0 Å². The van der Waals surface area contributed by atoms with E-state index in [4.69, 9.17) is 12.2 Å². The molecule has 0 unspecified atom stereocenters. The molecule has 0 atom stereocenters. The number of hydrogen-bond donors (Lipinski definition) is 3. The van der Waals surface area contributed by atoms with E-state index in [0.717, 1.165) is 5.69 Å². The third-order valence-electron chi connectivity index (χ3n) is 3.88. The highest BCUT2D eigenvalue weighted by molar-refractivity contribution is 7.80. The zero-order valence-electron chi connectivity index (χ0n) is 14.3. The van der Waals surface area contributed by atoms with Crippen LogP contribution in [0.5, 0.6) is 0 Å². The van der Waals surface area contributed by atoms with Gasteiger partial charge in [0.05, 0.1) is 0 Å². The number of nitrogens with one attached hydrogen (secondary N) is 3. The number of aryl methyl sites for hydroxylation is 1. The van der Waals surface area contributed by atoms with Crippen LogP contribution in [0.1, 0.15) is 5.56 Å². The average Bonchev–Trinajstić information content (AvgIpc) is 2.69. The van der Waals surface area contributed by atoms with Crippen molar-refractivity contribution >= 4 is 40.9 Å². The van der Waals surface area contributed by atoms with Gasteiger partial charge in [-0.1, -0.05) is 54.1 Å². The molecule has 0 fully saturated rings. The quantitative estimate of drug-likeness (QED) is 0.357. The molecule has 6 heteroatoms. The zero-order chi connectivity index (χ0) is 18.4. The van der Waals surface area contributed by atoms with E-state index in [9.17, 15) is 4.57 Å². The first kappa shape index (κ1) is 18.3. The molecule has 132 valence electrons.